The summed E-state index contributed by atoms with van der Waals surface area (Å²) >= 11 is 0. The van der Waals surface area contributed by atoms with Crippen molar-refractivity contribution in [3.05, 3.63) is 41.7 Å². The maximum Gasteiger partial charge on any atom is 0.338 e. The first-order chi connectivity index (χ1) is 13.3. The number of hydrogen-bond acceptors (Lipinski definition) is 7. The molecular weight excluding hydrogens is 386 g/mol. The van der Waals surface area contributed by atoms with E-state index in [0.29, 0.717) is 18.8 Å². The highest BCUT2D eigenvalue weighted by atomic mass is 32.2. The predicted octanol–water partition coefficient (Wildman–Crippen LogP) is 1.95. The van der Waals surface area contributed by atoms with Crippen LogP contribution in [0.5, 0.6) is 0 Å². The van der Waals surface area contributed by atoms with E-state index in [1.54, 1.807) is 6.92 Å². The Hall–Kier alpha value is -2.72. The lowest BCUT2D eigenvalue weighted by Gasteiger charge is -2.16. The number of rotatable bonds is 6. The number of hydrogen-bond donors (Lipinski definition) is 1. The number of sulfonamides is 1. The van der Waals surface area contributed by atoms with Gasteiger partial charge in [0.05, 0.1) is 10.5 Å². The second-order valence-corrected chi connectivity index (χ2v) is 8.44. The highest BCUT2D eigenvalue weighted by Crippen LogP contribution is 2.22. The molecule has 1 aliphatic rings. The van der Waals surface area contributed by atoms with Crippen LogP contribution >= 0.6 is 0 Å². The summed E-state index contributed by atoms with van der Waals surface area (Å²) in [4.78, 5) is 24.5. The molecule has 0 unspecified atom stereocenters. The number of amides is 1. The molecular formula is C18H21N3O6S. The number of anilines is 1. The van der Waals surface area contributed by atoms with Gasteiger partial charge in [0.15, 0.2) is 11.9 Å². The first-order valence-corrected chi connectivity index (χ1v) is 10.3. The number of ether oxygens (including phenoxy) is 1. The summed E-state index contributed by atoms with van der Waals surface area (Å²) in [6.07, 6.45) is 0.528. The van der Waals surface area contributed by atoms with Crippen molar-refractivity contribution in [1.82, 2.24) is 9.46 Å². The van der Waals surface area contributed by atoms with E-state index < -0.39 is 28.0 Å². The zero-order chi connectivity index (χ0) is 20.3. The molecule has 2 heterocycles. The number of benzene rings is 1. The van der Waals surface area contributed by atoms with E-state index in [4.69, 9.17) is 9.26 Å². The Morgan fingerprint density at radius 2 is 1.96 bits per heavy atom. The summed E-state index contributed by atoms with van der Waals surface area (Å²) in [5, 5.41) is 6.10. The van der Waals surface area contributed by atoms with Crippen LogP contribution < -0.4 is 5.32 Å². The molecule has 28 heavy (non-hydrogen) atoms. The molecule has 1 atom stereocenters. The van der Waals surface area contributed by atoms with Gasteiger partial charge in [0, 0.05) is 19.2 Å². The van der Waals surface area contributed by atoms with Crippen molar-refractivity contribution in [3.8, 4) is 0 Å². The van der Waals surface area contributed by atoms with Crippen LogP contribution in [-0.4, -0.2) is 48.9 Å². The Morgan fingerprint density at radius 3 is 2.61 bits per heavy atom. The highest BCUT2D eigenvalue weighted by molar-refractivity contribution is 7.89. The van der Waals surface area contributed by atoms with Gasteiger partial charge in [0.25, 0.3) is 5.91 Å². The van der Waals surface area contributed by atoms with Gasteiger partial charge >= 0.3 is 5.97 Å². The number of nitrogens with zero attached hydrogens (tertiary/aromatic N) is 2. The normalized spacial score (nSPS) is 15.9. The van der Waals surface area contributed by atoms with Gasteiger partial charge in [-0.05, 0) is 44.9 Å². The predicted molar refractivity (Wildman–Crippen MR) is 99.2 cm³/mol. The van der Waals surface area contributed by atoms with Gasteiger partial charge in [-0.15, -0.1) is 0 Å². The summed E-state index contributed by atoms with van der Waals surface area (Å²) in [7, 11) is -3.65. The number of nitrogens with one attached hydrogen (secondary N) is 1. The first kappa shape index (κ1) is 20.0. The Morgan fingerprint density at radius 1 is 1.25 bits per heavy atom. The fourth-order valence-electron chi connectivity index (χ4n) is 2.80. The number of carbonyl (C=O) groups excluding carboxylic acids is 2. The minimum Gasteiger partial charge on any atom is -0.449 e. The van der Waals surface area contributed by atoms with Crippen molar-refractivity contribution < 1.29 is 27.3 Å². The van der Waals surface area contributed by atoms with Gasteiger partial charge in [-0.25, -0.2) is 13.2 Å². The van der Waals surface area contributed by atoms with Gasteiger partial charge in [-0.1, -0.05) is 11.2 Å². The SMILES string of the molecule is Cc1cc(NC(=O)[C@H](C)OC(=O)c2cccc(S(=O)(=O)N3CCCC3)c2)no1. The zero-order valence-corrected chi connectivity index (χ0v) is 16.4. The minimum absolute atomic E-state index is 0.0269. The van der Waals surface area contributed by atoms with Crippen LogP contribution in [0.15, 0.2) is 39.8 Å². The van der Waals surface area contributed by atoms with Crippen molar-refractivity contribution in [1.29, 1.82) is 0 Å². The molecule has 150 valence electrons. The van der Waals surface area contributed by atoms with E-state index in [1.165, 1.54) is 41.6 Å². The quantitative estimate of drug-likeness (QED) is 0.727. The molecule has 9 nitrogen and oxygen atoms in total. The van der Waals surface area contributed by atoms with Crippen molar-refractivity contribution in [2.45, 2.75) is 37.7 Å². The lowest BCUT2D eigenvalue weighted by molar-refractivity contribution is -0.123. The zero-order valence-electron chi connectivity index (χ0n) is 15.5. The van der Waals surface area contributed by atoms with Gasteiger partial charge in [0.2, 0.25) is 10.0 Å². The van der Waals surface area contributed by atoms with Crippen LogP contribution in [-0.2, 0) is 19.6 Å². The molecule has 0 spiro atoms. The van der Waals surface area contributed by atoms with Crippen LogP contribution in [0.4, 0.5) is 5.82 Å². The van der Waals surface area contributed by atoms with Crippen molar-refractivity contribution in [3.63, 3.8) is 0 Å². The fourth-order valence-corrected chi connectivity index (χ4v) is 4.36. The molecule has 1 aliphatic heterocycles. The van der Waals surface area contributed by atoms with E-state index in [-0.39, 0.29) is 16.3 Å². The largest absolute Gasteiger partial charge is 0.449 e. The third-order valence-corrected chi connectivity index (χ3v) is 6.20. The maximum atomic E-state index is 12.6. The van der Waals surface area contributed by atoms with Gasteiger partial charge in [0.1, 0.15) is 5.76 Å². The molecule has 1 saturated heterocycles. The third-order valence-electron chi connectivity index (χ3n) is 4.30. The molecule has 0 radical (unpaired) electrons. The monoisotopic (exact) mass is 407 g/mol. The molecule has 1 aromatic heterocycles. The maximum absolute atomic E-state index is 12.6. The standard InChI is InChI=1S/C18H21N3O6S/c1-12-10-16(20-27-12)19-17(22)13(2)26-18(23)14-6-5-7-15(11-14)28(24,25)21-8-3-4-9-21/h5-7,10-11,13H,3-4,8-9H2,1-2H3,(H,19,20,22)/t13-/m0/s1. The molecule has 0 bridgehead atoms. The van der Waals surface area contributed by atoms with Crippen molar-refractivity contribution >= 4 is 27.7 Å². The third kappa shape index (κ3) is 4.39. The second kappa shape index (κ2) is 8.11. The Labute approximate surface area is 162 Å². The van der Waals surface area contributed by atoms with Gasteiger partial charge in [-0.2, -0.15) is 4.31 Å². The summed E-state index contributed by atoms with van der Waals surface area (Å²) in [6.45, 7) is 4.02. The topological polar surface area (TPSA) is 119 Å². The molecule has 0 aliphatic carbocycles. The number of aromatic nitrogens is 1. The van der Waals surface area contributed by atoms with Crippen LogP contribution in [0, 0.1) is 6.92 Å². The van der Waals surface area contributed by atoms with Gasteiger partial charge in [-0.3, -0.25) is 4.79 Å². The number of esters is 1. The molecule has 1 fully saturated rings. The second-order valence-electron chi connectivity index (χ2n) is 6.50. The average molecular weight is 407 g/mol. The smallest absolute Gasteiger partial charge is 0.338 e. The molecule has 1 amide bonds. The molecule has 0 saturated carbocycles. The van der Waals surface area contributed by atoms with E-state index in [1.807, 2.05) is 0 Å². The van der Waals surface area contributed by atoms with E-state index in [0.717, 1.165) is 12.8 Å². The first-order valence-electron chi connectivity index (χ1n) is 8.83. The van der Waals surface area contributed by atoms with Crippen LogP contribution in [0.3, 0.4) is 0 Å². The Kier molecular flexibility index (Phi) is 5.80. The van der Waals surface area contributed by atoms with Crippen LogP contribution in [0.1, 0.15) is 35.9 Å². The highest BCUT2D eigenvalue weighted by Gasteiger charge is 2.28. The summed E-state index contributed by atoms with van der Waals surface area (Å²) in [5.74, 6) is -0.639. The summed E-state index contributed by atoms with van der Waals surface area (Å²) in [5.41, 5.74) is 0.0530. The van der Waals surface area contributed by atoms with Crippen molar-refractivity contribution in [2.24, 2.45) is 0 Å². The van der Waals surface area contributed by atoms with E-state index >= 15 is 0 Å². The minimum atomic E-state index is -3.65. The van der Waals surface area contributed by atoms with E-state index in [9.17, 15) is 18.0 Å². The van der Waals surface area contributed by atoms with E-state index in [2.05, 4.69) is 10.5 Å². The van der Waals surface area contributed by atoms with Crippen molar-refractivity contribution in [2.75, 3.05) is 18.4 Å². The molecule has 3 rings (SSSR count). The summed E-state index contributed by atoms with van der Waals surface area (Å²) in [6, 6.07) is 7.15. The fraction of sp³-hybridized carbons (Fsp3) is 0.389. The molecule has 1 N–H and O–H groups in total. The van der Waals surface area contributed by atoms with Crippen LogP contribution in [0.25, 0.3) is 0 Å². The van der Waals surface area contributed by atoms with Gasteiger partial charge < -0.3 is 14.6 Å². The number of carbonyl (C=O) groups is 2. The lowest BCUT2D eigenvalue weighted by Crippen LogP contribution is -2.30. The number of aryl methyl sites for hydroxylation is 1. The van der Waals surface area contributed by atoms with Crippen LogP contribution in [0.2, 0.25) is 0 Å². The Bertz CT molecular complexity index is 979. The Balaban J connectivity index is 1.68. The molecule has 2 aromatic rings. The average Bonchev–Trinajstić information content (AvgIpc) is 3.34. The molecule has 1 aromatic carbocycles. The molecule has 10 heteroatoms. The lowest BCUT2D eigenvalue weighted by atomic mass is 10.2. The summed E-state index contributed by atoms with van der Waals surface area (Å²) < 4.78 is 36.7.